The van der Waals surface area contributed by atoms with Crippen molar-refractivity contribution >= 4 is 11.8 Å². The quantitative estimate of drug-likeness (QED) is 0.901. The first kappa shape index (κ1) is 14.7. The summed E-state index contributed by atoms with van der Waals surface area (Å²) in [6.07, 6.45) is 5.17. The first-order chi connectivity index (χ1) is 10.3. The topological polar surface area (TPSA) is 38.1 Å². The number of aromatic nitrogens is 1. The highest BCUT2D eigenvalue weighted by atomic mass is 32.2. The second-order valence-corrected chi connectivity index (χ2v) is 6.77. The van der Waals surface area contributed by atoms with Crippen LogP contribution in [0.1, 0.15) is 42.6 Å². The van der Waals surface area contributed by atoms with Crippen LogP contribution in [-0.2, 0) is 6.42 Å². The number of fused-ring (bicyclic) bond motifs is 1. The predicted octanol–water partition coefficient (Wildman–Crippen LogP) is 4.13. The Morgan fingerprint density at radius 1 is 1.38 bits per heavy atom. The molecule has 0 radical (unpaired) electrons. The minimum Gasteiger partial charge on any atom is -0.440 e. The van der Waals surface area contributed by atoms with Crippen molar-refractivity contribution in [2.45, 2.75) is 49.6 Å². The maximum absolute atomic E-state index is 5.53. The molecule has 0 spiro atoms. The van der Waals surface area contributed by atoms with Gasteiger partial charge in [-0.2, -0.15) is 0 Å². The van der Waals surface area contributed by atoms with E-state index in [9.17, 15) is 0 Å². The Bertz CT molecular complexity index is 596. The molecule has 1 N–H and O–H groups in total. The minimum atomic E-state index is 0.382. The van der Waals surface area contributed by atoms with Gasteiger partial charge in [0.1, 0.15) is 6.26 Å². The van der Waals surface area contributed by atoms with Gasteiger partial charge in [-0.3, -0.25) is 0 Å². The number of oxazole rings is 1. The molecule has 0 aliphatic heterocycles. The smallest absolute Gasteiger partial charge is 0.256 e. The second-order valence-electron chi connectivity index (χ2n) is 5.58. The summed E-state index contributed by atoms with van der Waals surface area (Å²) >= 11 is 1.77. The Morgan fingerprint density at radius 3 is 3.00 bits per heavy atom. The zero-order valence-corrected chi connectivity index (χ0v) is 13.5. The number of nitrogens with one attached hydrogen (secondary N) is 1. The molecule has 1 heterocycles. The van der Waals surface area contributed by atoms with Crippen molar-refractivity contribution in [2.75, 3.05) is 6.54 Å². The molecule has 2 aromatic rings. The Hall–Kier alpha value is -1.26. The third-order valence-corrected chi connectivity index (χ3v) is 5.12. The lowest BCUT2D eigenvalue weighted by Crippen LogP contribution is -2.34. The van der Waals surface area contributed by atoms with Crippen molar-refractivity contribution in [3.05, 3.63) is 47.3 Å². The van der Waals surface area contributed by atoms with E-state index in [-0.39, 0.29) is 0 Å². The van der Waals surface area contributed by atoms with Crippen LogP contribution < -0.4 is 5.32 Å². The summed E-state index contributed by atoms with van der Waals surface area (Å²) in [6, 6.07) is 9.18. The number of thioether (sulfide) groups is 1. The molecule has 1 aliphatic carbocycles. The Balaban J connectivity index is 1.82. The van der Waals surface area contributed by atoms with Crippen LogP contribution >= 0.6 is 11.8 Å². The molecule has 2 atom stereocenters. The fraction of sp³-hybridized carbons (Fsp3) is 0.471. The van der Waals surface area contributed by atoms with Gasteiger partial charge in [-0.25, -0.2) is 4.98 Å². The average molecular weight is 302 g/mol. The minimum absolute atomic E-state index is 0.382. The number of aryl methyl sites for hydroxylation is 2. The zero-order valence-electron chi connectivity index (χ0n) is 12.6. The van der Waals surface area contributed by atoms with Gasteiger partial charge < -0.3 is 9.73 Å². The van der Waals surface area contributed by atoms with Gasteiger partial charge in [0.05, 0.1) is 5.69 Å². The van der Waals surface area contributed by atoms with Crippen molar-refractivity contribution in [3.8, 4) is 0 Å². The fourth-order valence-electron chi connectivity index (χ4n) is 2.91. The van der Waals surface area contributed by atoms with Crippen LogP contribution in [0.5, 0.6) is 0 Å². The van der Waals surface area contributed by atoms with Crippen molar-refractivity contribution in [2.24, 2.45) is 0 Å². The standard InChI is InChI=1S/C17H22N2OS/c1-3-10-18-16-14-7-5-4-6-13(14)8-9-15(16)21-17-19-12(2)11-20-17/h4-7,11,15-16,18H,3,8-10H2,1-2H3. The summed E-state index contributed by atoms with van der Waals surface area (Å²) in [6.45, 7) is 5.22. The SMILES string of the molecule is CCCNC1c2ccccc2CCC1Sc1nc(C)co1. The van der Waals surface area contributed by atoms with Gasteiger partial charge in [0, 0.05) is 11.3 Å². The van der Waals surface area contributed by atoms with Crippen LogP contribution in [0.25, 0.3) is 0 Å². The van der Waals surface area contributed by atoms with Crippen LogP contribution in [0.2, 0.25) is 0 Å². The maximum Gasteiger partial charge on any atom is 0.256 e. The molecule has 1 aromatic heterocycles. The molecule has 0 bridgehead atoms. The lowest BCUT2D eigenvalue weighted by molar-refractivity contribution is 0.440. The van der Waals surface area contributed by atoms with Crippen LogP contribution in [0.4, 0.5) is 0 Å². The first-order valence-electron chi connectivity index (χ1n) is 7.68. The molecule has 0 saturated heterocycles. The van der Waals surface area contributed by atoms with Crippen LogP contribution in [0.15, 0.2) is 40.2 Å². The molecular formula is C17H22N2OS. The molecule has 4 heteroatoms. The predicted molar refractivity (Wildman–Crippen MR) is 86.7 cm³/mol. The monoisotopic (exact) mass is 302 g/mol. The van der Waals surface area contributed by atoms with Gasteiger partial charge >= 0.3 is 0 Å². The number of benzene rings is 1. The van der Waals surface area contributed by atoms with Crippen LogP contribution in [0, 0.1) is 6.92 Å². The van der Waals surface area contributed by atoms with E-state index >= 15 is 0 Å². The van der Waals surface area contributed by atoms with Crippen molar-refractivity contribution in [1.82, 2.24) is 10.3 Å². The van der Waals surface area contributed by atoms with Crippen molar-refractivity contribution in [3.63, 3.8) is 0 Å². The molecule has 0 fully saturated rings. The molecule has 0 saturated carbocycles. The van der Waals surface area contributed by atoms with Gasteiger partial charge in [0.2, 0.25) is 0 Å². The molecular weight excluding hydrogens is 280 g/mol. The van der Waals surface area contributed by atoms with Gasteiger partial charge in [-0.1, -0.05) is 43.0 Å². The lowest BCUT2D eigenvalue weighted by atomic mass is 9.87. The van der Waals surface area contributed by atoms with E-state index in [4.69, 9.17) is 4.42 Å². The molecule has 1 aliphatic rings. The van der Waals surface area contributed by atoms with E-state index < -0.39 is 0 Å². The number of rotatable bonds is 5. The number of hydrogen-bond acceptors (Lipinski definition) is 4. The first-order valence-corrected chi connectivity index (χ1v) is 8.56. The van der Waals surface area contributed by atoms with Gasteiger partial charge in [-0.05, 0) is 43.9 Å². The highest BCUT2D eigenvalue weighted by Crippen LogP contribution is 2.39. The maximum atomic E-state index is 5.53. The van der Waals surface area contributed by atoms with Crippen molar-refractivity contribution in [1.29, 1.82) is 0 Å². The van der Waals surface area contributed by atoms with E-state index in [2.05, 4.69) is 41.5 Å². The Kier molecular flexibility index (Phi) is 4.66. The number of hydrogen-bond donors (Lipinski definition) is 1. The summed E-state index contributed by atoms with van der Waals surface area (Å²) in [5.41, 5.74) is 3.87. The normalized spacial score (nSPS) is 21.2. The average Bonchev–Trinajstić information content (AvgIpc) is 2.91. The largest absolute Gasteiger partial charge is 0.440 e. The number of nitrogens with zero attached hydrogens (tertiary/aromatic N) is 1. The van der Waals surface area contributed by atoms with Gasteiger partial charge in [0.15, 0.2) is 0 Å². The summed E-state index contributed by atoms with van der Waals surface area (Å²) in [7, 11) is 0. The second kappa shape index (κ2) is 6.67. The van der Waals surface area contributed by atoms with Gasteiger partial charge in [0.25, 0.3) is 5.22 Å². The van der Waals surface area contributed by atoms with E-state index in [0.717, 1.165) is 36.7 Å². The van der Waals surface area contributed by atoms with E-state index in [1.54, 1.807) is 18.0 Å². The summed E-state index contributed by atoms with van der Waals surface area (Å²) in [5.74, 6) is 0. The third kappa shape index (κ3) is 3.33. The molecule has 0 amide bonds. The van der Waals surface area contributed by atoms with Crippen LogP contribution in [0.3, 0.4) is 0 Å². The summed E-state index contributed by atoms with van der Waals surface area (Å²) in [4.78, 5) is 4.44. The van der Waals surface area contributed by atoms with E-state index in [0.29, 0.717) is 11.3 Å². The summed E-state index contributed by atoms with van der Waals surface area (Å²) in [5, 5.41) is 4.98. The molecule has 21 heavy (non-hydrogen) atoms. The van der Waals surface area contributed by atoms with Crippen LogP contribution in [-0.4, -0.2) is 16.8 Å². The molecule has 112 valence electrons. The molecule has 1 aromatic carbocycles. The molecule has 2 unspecified atom stereocenters. The van der Waals surface area contributed by atoms with E-state index in [1.807, 2.05) is 6.92 Å². The van der Waals surface area contributed by atoms with Gasteiger partial charge in [-0.15, -0.1) is 0 Å². The Labute approximate surface area is 130 Å². The molecule has 3 nitrogen and oxygen atoms in total. The van der Waals surface area contributed by atoms with Crippen molar-refractivity contribution < 1.29 is 4.42 Å². The summed E-state index contributed by atoms with van der Waals surface area (Å²) < 4.78 is 5.53. The highest BCUT2D eigenvalue weighted by Gasteiger charge is 2.30. The highest BCUT2D eigenvalue weighted by molar-refractivity contribution is 7.99. The zero-order chi connectivity index (χ0) is 14.7. The third-order valence-electron chi connectivity index (χ3n) is 3.92. The molecule has 3 rings (SSSR count). The van der Waals surface area contributed by atoms with E-state index in [1.165, 1.54) is 11.1 Å². The Morgan fingerprint density at radius 2 is 2.24 bits per heavy atom. The fourth-order valence-corrected chi connectivity index (χ4v) is 4.09. The lowest BCUT2D eigenvalue weighted by Gasteiger charge is -2.33.